The number of ether oxygens (including phenoxy) is 1. The molecule has 5 nitrogen and oxygen atoms in total. The van der Waals surface area contributed by atoms with E-state index in [9.17, 15) is 0 Å². The number of H-pyrrole nitrogens is 1. The van der Waals surface area contributed by atoms with Crippen LogP contribution >= 0.6 is 12.2 Å². The molecule has 116 valence electrons. The Balaban J connectivity index is 1.96. The van der Waals surface area contributed by atoms with Crippen LogP contribution in [0.2, 0.25) is 0 Å². The molecule has 22 heavy (non-hydrogen) atoms. The van der Waals surface area contributed by atoms with Gasteiger partial charge in [-0.1, -0.05) is 6.07 Å². The zero-order valence-electron chi connectivity index (χ0n) is 12.7. The highest BCUT2D eigenvalue weighted by Crippen LogP contribution is 2.37. The van der Waals surface area contributed by atoms with Gasteiger partial charge in [0.2, 0.25) is 0 Å². The van der Waals surface area contributed by atoms with Crippen molar-refractivity contribution in [2.45, 2.75) is 19.0 Å². The van der Waals surface area contributed by atoms with E-state index in [1.807, 2.05) is 24.4 Å². The molecule has 0 aliphatic carbocycles. The molecule has 0 saturated carbocycles. The summed E-state index contributed by atoms with van der Waals surface area (Å²) in [6.45, 7) is 3.43. The van der Waals surface area contributed by atoms with Crippen LogP contribution in [0.4, 0.5) is 0 Å². The highest BCUT2D eigenvalue weighted by atomic mass is 32.1. The molecule has 3 heterocycles. The number of methoxy groups -OCH3 is 1. The van der Waals surface area contributed by atoms with Crippen LogP contribution in [-0.4, -0.2) is 40.2 Å². The van der Waals surface area contributed by atoms with E-state index in [0.717, 1.165) is 28.7 Å². The van der Waals surface area contributed by atoms with E-state index in [0.29, 0.717) is 6.61 Å². The Labute approximate surface area is 135 Å². The molecule has 0 bridgehead atoms. The zero-order chi connectivity index (χ0) is 15.5. The Morgan fingerprint density at radius 1 is 1.32 bits per heavy atom. The molecular formula is C16H20N4OS. The Bertz CT molecular complexity index is 643. The Hall–Kier alpha value is -1.92. The van der Waals surface area contributed by atoms with Gasteiger partial charge in [-0.25, -0.2) is 0 Å². The van der Waals surface area contributed by atoms with Gasteiger partial charge in [-0.3, -0.25) is 4.98 Å². The number of aryl methyl sites for hydroxylation is 1. The fraction of sp³-hybridized carbons (Fsp3) is 0.375. The van der Waals surface area contributed by atoms with Gasteiger partial charge < -0.3 is 19.9 Å². The lowest BCUT2D eigenvalue weighted by molar-refractivity contribution is 0.163. The molecule has 1 aliphatic heterocycles. The first kappa shape index (κ1) is 15.0. The van der Waals surface area contributed by atoms with Gasteiger partial charge >= 0.3 is 0 Å². The normalized spacial score (nSPS) is 21.2. The predicted molar refractivity (Wildman–Crippen MR) is 89.6 cm³/mol. The smallest absolute Gasteiger partial charge is 0.170 e. The van der Waals surface area contributed by atoms with Gasteiger partial charge in [0.25, 0.3) is 0 Å². The number of hydrogen-bond donors (Lipinski definition) is 2. The quantitative estimate of drug-likeness (QED) is 0.829. The van der Waals surface area contributed by atoms with Crippen LogP contribution in [-0.2, 0) is 4.74 Å². The molecule has 0 aromatic carbocycles. The number of aromatic amines is 1. The summed E-state index contributed by atoms with van der Waals surface area (Å²) in [7, 11) is 1.70. The van der Waals surface area contributed by atoms with Gasteiger partial charge in [-0.15, -0.1) is 0 Å². The number of rotatable bonds is 5. The second-order valence-electron chi connectivity index (χ2n) is 5.41. The summed E-state index contributed by atoms with van der Waals surface area (Å²) >= 11 is 5.53. The van der Waals surface area contributed by atoms with Crippen molar-refractivity contribution < 1.29 is 4.74 Å². The molecule has 0 amide bonds. The van der Waals surface area contributed by atoms with Gasteiger partial charge in [-0.2, -0.15) is 0 Å². The van der Waals surface area contributed by atoms with E-state index < -0.39 is 0 Å². The molecule has 1 fully saturated rings. The summed E-state index contributed by atoms with van der Waals surface area (Å²) in [6, 6.07) is 10.3. The van der Waals surface area contributed by atoms with E-state index in [1.165, 1.54) is 0 Å². The topological polar surface area (TPSA) is 53.2 Å². The third-order valence-electron chi connectivity index (χ3n) is 3.91. The summed E-state index contributed by atoms with van der Waals surface area (Å²) in [5.41, 5.74) is 3.26. The van der Waals surface area contributed by atoms with Crippen molar-refractivity contribution in [1.29, 1.82) is 0 Å². The number of hydrogen-bond acceptors (Lipinski definition) is 3. The van der Waals surface area contributed by atoms with E-state index >= 15 is 0 Å². The first-order valence-electron chi connectivity index (χ1n) is 7.33. The molecule has 3 rings (SSSR count). The summed E-state index contributed by atoms with van der Waals surface area (Å²) in [4.78, 5) is 10.1. The molecular weight excluding hydrogens is 296 g/mol. The maximum Gasteiger partial charge on any atom is 0.170 e. The maximum atomic E-state index is 5.53. The van der Waals surface area contributed by atoms with Crippen molar-refractivity contribution in [3.05, 3.63) is 53.6 Å². The average Bonchev–Trinajstić information content (AvgIpc) is 3.09. The SMILES string of the molecule is COCCN1C(=S)N[C@@H](c2ccccn2)[C@H]1c1ccc(C)[nH]1. The minimum atomic E-state index is 0.0311. The van der Waals surface area contributed by atoms with Crippen molar-refractivity contribution in [3.63, 3.8) is 0 Å². The van der Waals surface area contributed by atoms with Crippen LogP contribution in [0.1, 0.15) is 29.2 Å². The molecule has 0 unspecified atom stereocenters. The van der Waals surface area contributed by atoms with Crippen molar-refractivity contribution in [2.24, 2.45) is 0 Å². The number of pyridine rings is 1. The lowest BCUT2D eigenvalue weighted by atomic mass is 10.0. The molecule has 1 saturated heterocycles. The van der Waals surface area contributed by atoms with Crippen LogP contribution in [0.15, 0.2) is 36.5 Å². The monoisotopic (exact) mass is 316 g/mol. The van der Waals surface area contributed by atoms with Gasteiger partial charge in [0.15, 0.2) is 5.11 Å². The highest BCUT2D eigenvalue weighted by molar-refractivity contribution is 7.80. The van der Waals surface area contributed by atoms with Crippen LogP contribution in [0, 0.1) is 6.92 Å². The molecule has 2 aromatic heterocycles. The largest absolute Gasteiger partial charge is 0.383 e. The Morgan fingerprint density at radius 3 is 2.82 bits per heavy atom. The standard InChI is InChI=1S/C16H20N4OS/c1-11-6-7-13(18-11)15-14(12-5-3-4-8-17-12)19-16(22)20(15)9-10-21-2/h3-8,14-15,18H,9-10H2,1-2H3,(H,19,22)/t14-,15+/m0/s1. The lowest BCUT2D eigenvalue weighted by Gasteiger charge is -2.26. The summed E-state index contributed by atoms with van der Waals surface area (Å²) in [5.74, 6) is 0. The van der Waals surface area contributed by atoms with Crippen LogP contribution < -0.4 is 5.32 Å². The van der Waals surface area contributed by atoms with E-state index in [4.69, 9.17) is 17.0 Å². The Kier molecular flexibility index (Phi) is 4.40. The minimum absolute atomic E-state index is 0.0311. The lowest BCUT2D eigenvalue weighted by Crippen LogP contribution is -2.32. The highest BCUT2D eigenvalue weighted by Gasteiger charge is 2.40. The van der Waals surface area contributed by atoms with Crippen LogP contribution in [0.3, 0.4) is 0 Å². The second kappa shape index (κ2) is 6.46. The molecule has 1 aliphatic rings. The van der Waals surface area contributed by atoms with Crippen molar-refractivity contribution in [2.75, 3.05) is 20.3 Å². The first-order valence-corrected chi connectivity index (χ1v) is 7.74. The van der Waals surface area contributed by atoms with Crippen molar-refractivity contribution >= 4 is 17.3 Å². The molecule has 2 N–H and O–H groups in total. The molecule has 0 spiro atoms. The van der Waals surface area contributed by atoms with E-state index in [1.54, 1.807) is 7.11 Å². The van der Waals surface area contributed by atoms with Gasteiger partial charge in [-0.05, 0) is 43.4 Å². The van der Waals surface area contributed by atoms with Gasteiger partial charge in [0.05, 0.1) is 24.4 Å². The maximum absolute atomic E-state index is 5.53. The number of thiocarbonyl (C=S) groups is 1. The predicted octanol–water partition coefficient (Wildman–Crippen LogP) is 2.34. The first-order chi connectivity index (χ1) is 10.7. The fourth-order valence-corrected chi connectivity index (χ4v) is 3.20. The number of nitrogens with one attached hydrogen (secondary N) is 2. The van der Waals surface area contributed by atoms with Gasteiger partial charge in [0.1, 0.15) is 0 Å². The average molecular weight is 316 g/mol. The number of aromatic nitrogens is 2. The molecule has 2 atom stereocenters. The minimum Gasteiger partial charge on any atom is -0.383 e. The van der Waals surface area contributed by atoms with E-state index in [2.05, 4.69) is 39.2 Å². The molecule has 2 aromatic rings. The van der Waals surface area contributed by atoms with Crippen LogP contribution in [0.25, 0.3) is 0 Å². The molecule has 6 heteroatoms. The fourth-order valence-electron chi connectivity index (χ4n) is 2.87. The Morgan fingerprint density at radius 2 is 2.18 bits per heavy atom. The van der Waals surface area contributed by atoms with Crippen molar-refractivity contribution in [1.82, 2.24) is 20.2 Å². The summed E-state index contributed by atoms with van der Waals surface area (Å²) < 4.78 is 5.23. The second-order valence-corrected chi connectivity index (χ2v) is 5.80. The zero-order valence-corrected chi connectivity index (χ0v) is 13.6. The van der Waals surface area contributed by atoms with E-state index in [-0.39, 0.29) is 12.1 Å². The summed E-state index contributed by atoms with van der Waals surface area (Å²) in [5, 5.41) is 4.15. The molecule has 0 radical (unpaired) electrons. The van der Waals surface area contributed by atoms with Crippen molar-refractivity contribution in [3.8, 4) is 0 Å². The van der Waals surface area contributed by atoms with Crippen LogP contribution in [0.5, 0.6) is 0 Å². The third-order valence-corrected chi connectivity index (χ3v) is 4.26. The van der Waals surface area contributed by atoms with Gasteiger partial charge in [0, 0.05) is 31.2 Å². The summed E-state index contributed by atoms with van der Waals surface area (Å²) in [6.07, 6.45) is 1.81. The number of nitrogens with zero attached hydrogens (tertiary/aromatic N) is 2. The third kappa shape index (κ3) is 2.84.